The van der Waals surface area contributed by atoms with Gasteiger partial charge in [0.1, 0.15) is 45.0 Å². The summed E-state index contributed by atoms with van der Waals surface area (Å²) in [6.45, 7) is 10.6. The van der Waals surface area contributed by atoms with Crippen LogP contribution in [0.25, 0.3) is 38.9 Å². The molecule has 2 aromatic heterocycles. The number of rotatable bonds is 8. The minimum atomic E-state index is -0.605. The summed E-state index contributed by atoms with van der Waals surface area (Å²) in [4.78, 5) is 3.03. The highest BCUT2D eigenvalue weighted by molar-refractivity contribution is 5.81. The molecule has 9 heteroatoms. The maximum absolute atomic E-state index is 12.1. The zero-order chi connectivity index (χ0) is 37.1. The van der Waals surface area contributed by atoms with E-state index in [2.05, 4.69) is 92.5 Å². The highest BCUT2D eigenvalue weighted by atomic mass is 16.3. The maximum atomic E-state index is 12.1. The van der Waals surface area contributed by atoms with Gasteiger partial charge in [0.15, 0.2) is 0 Å². The molecule has 0 radical (unpaired) electrons. The maximum Gasteiger partial charge on any atom is 0.147 e. The van der Waals surface area contributed by atoms with E-state index in [1.807, 2.05) is 61.5 Å². The molecule has 0 bridgehead atoms. The summed E-state index contributed by atoms with van der Waals surface area (Å²) < 4.78 is 0. The van der Waals surface area contributed by atoms with Crippen molar-refractivity contribution in [3.05, 3.63) is 155 Å². The van der Waals surface area contributed by atoms with E-state index < -0.39 is 5.41 Å². The van der Waals surface area contributed by atoms with Crippen molar-refractivity contribution >= 4 is 22.1 Å². The molecule has 0 atom stereocenters. The largest absolute Gasteiger partial charge is 0.507 e. The van der Waals surface area contributed by atoms with Crippen molar-refractivity contribution < 1.29 is 15.3 Å². The highest BCUT2D eigenvalue weighted by Gasteiger charge is 2.33. The average Bonchev–Trinajstić information content (AvgIpc) is 3.77. The van der Waals surface area contributed by atoms with Gasteiger partial charge in [0, 0.05) is 16.4 Å². The Morgan fingerprint density at radius 1 is 0.528 bits per heavy atom. The first kappa shape index (κ1) is 33.7. The number of hydrogen-bond acceptors (Lipinski definition) is 7. The fourth-order valence-corrected chi connectivity index (χ4v) is 7.12. The minimum absolute atomic E-state index is 0.00958. The number of hydrogen-bond donors (Lipinski definition) is 3. The molecule has 0 saturated carbocycles. The predicted octanol–water partition coefficient (Wildman–Crippen LogP) is 8.96. The van der Waals surface area contributed by atoms with Crippen molar-refractivity contribution in [1.82, 2.24) is 30.0 Å². The monoisotopic (exact) mass is 700 g/mol. The summed E-state index contributed by atoms with van der Waals surface area (Å²) >= 11 is 0. The molecule has 0 aliphatic rings. The Morgan fingerprint density at radius 3 is 1.75 bits per heavy atom. The molecular weight excluding hydrogens is 661 g/mol. The smallest absolute Gasteiger partial charge is 0.147 e. The number of aromatic hydroxyl groups is 3. The number of aromatic nitrogens is 6. The van der Waals surface area contributed by atoms with Crippen molar-refractivity contribution in [3.8, 4) is 34.1 Å². The van der Waals surface area contributed by atoms with Gasteiger partial charge in [-0.1, -0.05) is 107 Å². The fraction of sp³-hybridized carbons (Fsp3) is 0.182. The third-order valence-electron chi connectivity index (χ3n) is 10.5. The van der Waals surface area contributed by atoms with E-state index in [9.17, 15) is 15.3 Å². The van der Waals surface area contributed by atoms with Gasteiger partial charge in [-0.2, -0.15) is 15.0 Å². The van der Waals surface area contributed by atoms with E-state index in [4.69, 9.17) is 10.2 Å². The predicted molar refractivity (Wildman–Crippen MR) is 208 cm³/mol. The molecule has 2 heterocycles. The first-order valence-corrected chi connectivity index (χ1v) is 17.6. The minimum Gasteiger partial charge on any atom is -0.507 e. The van der Waals surface area contributed by atoms with E-state index in [1.165, 1.54) is 4.80 Å². The van der Waals surface area contributed by atoms with Gasteiger partial charge in [-0.3, -0.25) is 0 Å². The van der Waals surface area contributed by atoms with Crippen LogP contribution in [0, 0.1) is 6.92 Å². The van der Waals surface area contributed by atoms with Crippen LogP contribution in [0.1, 0.15) is 61.1 Å². The van der Waals surface area contributed by atoms with Crippen LogP contribution in [0.15, 0.2) is 121 Å². The van der Waals surface area contributed by atoms with Gasteiger partial charge in [-0.25, -0.2) is 0 Å². The molecule has 3 N–H and O–H groups in total. The van der Waals surface area contributed by atoms with Crippen LogP contribution in [0.5, 0.6) is 17.2 Å². The number of phenolic OH excluding ortho intramolecular Hbond substituents is 3. The summed E-state index contributed by atoms with van der Waals surface area (Å²) in [6.07, 6.45) is 0. The molecule has 0 fully saturated rings. The van der Waals surface area contributed by atoms with Gasteiger partial charge in [0.05, 0.1) is 12.1 Å². The SMILES string of the molecule is Cc1cc(O)c(Cn2nc3ccc(-c4ccc(C(C)(C)c5cc(C(C)(C)c6ccccc6)cc(-n6nc7ccccc7n6)c5O)cc4)cc3n2)c(O)c1. The van der Waals surface area contributed by atoms with E-state index in [0.717, 1.165) is 50.0 Å². The van der Waals surface area contributed by atoms with E-state index >= 15 is 0 Å². The summed E-state index contributed by atoms with van der Waals surface area (Å²) in [6, 6.07) is 39.7. The van der Waals surface area contributed by atoms with Crippen LogP contribution in [-0.4, -0.2) is 45.3 Å². The van der Waals surface area contributed by atoms with Crippen LogP contribution in [0.3, 0.4) is 0 Å². The molecule has 9 nitrogen and oxygen atoms in total. The summed E-state index contributed by atoms with van der Waals surface area (Å²) in [5, 5.41) is 51.6. The Morgan fingerprint density at radius 2 is 1.09 bits per heavy atom. The summed E-state index contributed by atoms with van der Waals surface area (Å²) in [5.74, 6) is 0.151. The van der Waals surface area contributed by atoms with Crippen molar-refractivity contribution in [3.63, 3.8) is 0 Å². The van der Waals surface area contributed by atoms with Crippen LogP contribution >= 0.6 is 0 Å². The number of phenols is 3. The summed E-state index contributed by atoms with van der Waals surface area (Å²) in [7, 11) is 0. The molecule has 0 aliphatic heterocycles. The molecule has 0 spiro atoms. The topological polar surface area (TPSA) is 122 Å². The van der Waals surface area contributed by atoms with Gasteiger partial charge in [0.25, 0.3) is 0 Å². The normalized spacial score (nSPS) is 12.2. The highest BCUT2D eigenvalue weighted by Crippen LogP contribution is 2.44. The number of nitrogens with zero attached hydrogens (tertiary/aromatic N) is 6. The van der Waals surface area contributed by atoms with E-state index in [0.29, 0.717) is 22.3 Å². The average molecular weight is 701 g/mol. The van der Waals surface area contributed by atoms with Gasteiger partial charge in [-0.15, -0.1) is 15.0 Å². The van der Waals surface area contributed by atoms with Crippen molar-refractivity contribution in [1.29, 1.82) is 0 Å². The molecule has 264 valence electrons. The molecule has 0 unspecified atom stereocenters. The fourth-order valence-electron chi connectivity index (χ4n) is 7.12. The van der Waals surface area contributed by atoms with Crippen molar-refractivity contribution in [2.24, 2.45) is 0 Å². The Kier molecular flexibility index (Phi) is 8.02. The van der Waals surface area contributed by atoms with Crippen LogP contribution in [0.2, 0.25) is 0 Å². The standard InChI is InChI=1S/C44H40N6O3/c1-27-21-40(51)33(41(52)22-27)26-49-45-37-20-17-29(23-38(37)46-49)28-15-18-31(19-16-28)44(4,5)34-24-32(43(2,3)30-11-7-6-8-12-30)25-39(42(34)53)50-47-35-13-9-10-14-36(35)48-50/h6-25,51-53H,26H2,1-5H3. The van der Waals surface area contributed by atoms with Gasteiger partial charge >= 0.3 is 0 Å². The Labute approximate surface area is 307 Å². The lowest BCUT2D eigenvalue weighted by Gasteiger charge is -2.32. The van der Waals surface area contributed by atoms with Crippen molar-refractivity contribution in [2.75, 3.05) is 0 Å². The third kappa shape index (κ3) is 6.04. The first-order chi connectivity index (χ1) is 25.4. The molecular formula is C44H40N6O3. The van der Waals surface area contributed by atoms with Crippen LogP contribution < -0.4 is 0 Å². The van der Waals surface area contributed by atoms with Crippen LogP contribution in [-0.2, 0) is 17.4 Å². The lowest BCUT2D eigenvalue weighted by Crippen LogP contribution is -2.24. The Hall–Kier alpha value is -6.48. The molecule has 53 heavy (non-hydrogen) atoms. The lowest BCUT2D eigenvalue weighted by atomic mass is 9.72. The zero-order valence-electron chi connectivity index (χ0n) is 30.3. The van der Waals surface area contributed by atoms with Gasteiger partial charge in [0.2, 0.25) is 0 Å². The molecule has 0 aliphatic carbocycles. The Bertz CT molecular complexity index is 2580. The molecule has 8 aromatic rings. The second-order valence-electron chi connectivity index (χ2n) is 14.8. The summed E-state index contributed by atoms with van der Waals surface area (Å²) in [5.41, 5.74) is 9.56. The van der Waals surface area contributed by atoms with E-state index in [1.54, 1.807) is 16.9 Å². The van der Waals surface area contributed by atoms with Gasteiger partial charge < -0.3 is 15.3 Å². The van der Waals surface area contributed by atoms with Gasteiger partial charge in [-0.05, 0) is 82.8 Å². The first-order valence-electron chi connectivity index (χ1n) is 17.6. The lowest BCUT2D eigenvalue weighted by molar-refractivity contribution is 0.427. The van der Waals surface area contributed by atoms with Crippen molar-refractivity contribution in [2.45, 2.75) is 52.0 Å². The second-order valence-corrected chi connectivity index (χ2v) is 14.8. The molecule has 8 rings (SSSR count). The number of aryl methyl sites for hydroxylation is 1. The molecule has 6 aromatic carbocycles. The molecule has 0 amide bonds. The van der Waals surface area contributed by atoms with E-state index in [-0.39, 0.29) is 29.2 Å². The zero-order valence-corrected chi connectivity index (χ0v) is 30.3. The quantitative estimate of drug-likeness (QED) is 0.145. The van der Waals surface area contributed by atoms with Crippen LogP contribution in [0.4, 0.5) is 0 Å². The Balaban J connectivity index is 1.15. The molecule has 0 saturated heterocycles. The number of benzene rings is 6. The third-order valence-corrected chi connectivity index (χ3v) is 10.5. The second kappa shape index (κ2) is 12.6. The number of fused-ring (bicyclic) bond motifs is 2.